The van der Waals surface area contributed by atoms with Crippen LogP contribution in [0.2, 0.25) is 0 Å². The fourth-order valence-electron chi connectivity index (χ4n) is 3.33. The minimum Gasteiger partial charge on any atom is -0.310 e. The number of hydrogen-bond donors (Lipinski definition) is 1. The first-order valence-electron chi connectivity index (χ1n) is 7.90. The lowest BCUT2D eigenvalue weighted by molar-refractivity contribution is 0.225. The van der Waals surface area contributed by atoms with Gasteiger partial charge < -0.3 is 5.32 Å². The summed E-state index contributed by atoms with van der Waals surface area (Å²) in [6.07, 6.45) is 5.82. The largest absolute Gasteiger partial charge is 0.310 e. The monoisotopic (exact) mass is 346 g/mol. The zero-order valence-corrected chi connectivity index (χ0v) is 14.4. The van der Waals surface area contributed by atoms with Crippen LogP contribution in [-0.2, 0) is 6.54 Å². The molecule has 2 aromatic rings. The number of nitrogens with zero attached hydrogens (tertiary/aromatic N) is 1. The molecular weight excluding hydrogens is 324 g/mol. The van der Waals surface area contributed by atoms with Crippen LogP contribution in [0.1, 0.15) is 38.7 Å². The molecule has 0 radical (unpaired) electrons. The van der Waals surface area contributed by atoms with Gasteiger partial charge in [-0.2, -0.15) is 0 Å². The van der Waals surface area contributed by atoms with Gasteiger partial charge in [-0.1, -0.05) is 41.9 Å². The first-order chi connectivity index (χ1) is 10.1. The number of fused-ring (bicyclic) bond motifs is 1. The Bertz CT molecular complexity index is 626. The van der Waals surface area contributed by atoms with Crippen LogP contribution in [0.15, 0.2) is 34.9 Å². The molecular formula is C18H23BrN2. The highest BCUT2D eigenvalue weighted by molar-refractivity contribution is 9.10. The predicted octanol–water partition coefficient (Wildman–Crippen LogP) is 4.91. The van der Waals surface area contributed by atoms with Crippen LogP contribution in [0.4, 0.5) is 0 Å². The highest BCUT2D eigenvalue weighted by atomic mass is 79.9. The van der Waals surface area contributed by atoms with Gasteiger partial charge in [0, 0.05) is 28.6 Å². The highest BCUT2D eigenvalue weighted by Crippen LogP contribution is 2.30. The van der Waals surface area contributed by atoms with Crippen molar-refractivity contribution in [1.29, 1.82) is 0 Å². The van der Waals surface area contributed by atoms with Gasteiger partial charge in [-0.05, 0) is 48.8 Å². The van der Waals surface area contributed by atoms with Gasteiger partial charge in [0.2, 0.25) is 0 Å². The zero-order valence-electron chi connectivity index (χ0n) is 12.8. The van der Waals surface area contributed by atoms with Gasteiger partial charge in [-0.15, -0.1) is 0 Å². The molecule has 0 aliphatic heterocycles. The van der Waals surface area contributed by atoms with Crippen molar-refractivity contribution in [2.45, 2.75) is 45.7 Å². The second-order valence-electron chi connectivity index (χ2n) is 6.45. The van der Waals surface area contributed by atoms with E-state index in [1.54, 1.807) is 0 Å². The summed E-state index contributed by atoms with van der Waals surface area (Å²) in [6.45, 7) is 5.68. The lowest BCUT2D eigenvalue weighted by atomic mass is 9.79. The fourth-order valence-corrected chi connectivity index (χ4v) is 3.78. The van der Waals surface area contributed by atoms with Gasteiger partial charge in [0.25, 0.3) is 0 Å². The van der Waals surface area contributed by atoms with E-state index < -0.39 is 0 Å². The molecule has 1 aliphatic rings. The third-order valence-electron chi connectivity index (χ3n) is 4.98. The van der Waals surface area contributed by atoms with Crippen molar-refractivity contribution in [3.8, 4) is 0 Å². The summed E-state index contributed by atoms with van der Waals surface area (Å²) in [4.78, 5) is 4.56. The predicted molar refractivity (Wildman–Crippen MR) is 92.2 cm³/mol. The minimum atomic E-state index is 0.651. The highest BCUT2D eigenvalue weighted by Gasteiger charge is 2.24. The van der Waals surface area contributed by atoms with E-state index in [4.69, 9.17) is 0 Å². The van der Waals surface area contributed by atoms with Crippen LogP contribution in [0.5, 0.6) is 0 Å². The number of nitrogens with one attached hydrogen (secondary N) is 1. The van der Waals surface area contributed by atoms with Gasteiger partial charge >= 0.3 is 0 Å². The van der Waals surface area contributed by atoms with Crippen molar-refractivity contribution >= 4 is 26.8 Å². The summed E-state index contributed by atoms with van der Waals surface area (Å²) in [5, 5.41) is 4.94. The zero-order chi connectivity index (χ0) is 14.8. The quantitative estimate of drug-likeness (QED) is 0.853. The van der Waals surface area contributed by atoms with E-state index in [9.17, 15) is 0 Å². The molecule has 0 saturated heterocycles. The lowest BCUT2D eigenvalue weighted by Gasteiger charge is -2.32. The summed E-state index contributed by atoms with van der Waals surface area (Å²) >= 11 is 3.61. The molecule has 1 heterocycles. The fraction of sp³-hybridized carbons (Fsp3) is 0.500. The summed E-state index contributed by atoms with van der Waals surface area (Å²) in [5.41, 5.74) is 2.40. The molecule has 1 N–H and O–H groups in total. The molecule has 3 rings (SSSR count). The Hall–Kier alpha value is -0.930. The van der Waals surface area contributed by atoms with Crippen LogP contribution < -0.4 is 5.32 Å². The molecule has 1 aromatic carbocycles. The molecule has 1 aliphatic carbocycles. The van der Waals surface area contributed by atoms with Crippen molar-refractivity contribution < 1.29 is 0 Å². The third kappa shape index (κ3) is 3.29. The molecule has 1 aromatic heterocycles. The molecule has 112 valence electrons. The Morgan fingerprint density at radius 1 is 1.19 bits per heavy atom. The second-order valence-corrected chi connectivity index (χ2v) is 7.31. The summed E-state index contributed by atoms with van der Waals surface area (Å²) in [5.74, 6) is 1.70. The van der Waals surface area contributed by atoms with Crippen molar-refractivity contribution in [3.05, 3.63) is 40.5 Å². The van der Waals surface area contributed by atoms with Gasteiger partial charge in [-0.3, -0.25) is 4.98 Å². The normalized spacial score (nSPS) is 26.1. The summed E-state index contributed by atoms with van der Waals surface area (Å²) in [6, 6.07) is 9.08. The molecule has 0 bridgehead atoms. The van der Waals surface area contributed by atoms with Crippen LogP contribution in [0.3, 0.4) is 0 Å². The molecule has 2 nitrogen and oxygen atoms in total. The van der Waals surface area contributed by atoms with Crippen molar-refractivity contribution in [2.75, 3.05) is 0 Å². The molecule has 1 saturated carbocycles. The van der Waals surface area contributed by atoms with E-state index in [0.717, 1.165) is 28.4 Å². The van der Waals surface area contributed by atoms with E-state index in [1.807, 2.05) is 12.3 Å². The van der Waals surface area contributed by atoms with Gasteiger partial charge in [0.05, 0.1) is 5.52 Å². The Balaban J connectivity index is 1.73. The van der Waals surface area contributed by atoms with E-state index in [-0.39, 0.29) is 0 Å². The van der Waals surface area contributed by atoms with Crippen molar-refractivity contribution in [2.24, 2.45) is 11.8 Å². The van der Waals surface area contributed by atoms with Gasteiger partial charge in [-0.25, -0.2) is 0 Å². The molecule has 3 atom stereocenters. The minimum absolute atomic E-state index is 0.651. The van der Waals surface area contributed by atoms with Crippen LogP contribution >= 0.6 is 15.9 Å². The van der Waals surface area contributed by atoms with Gasteiger partial charge in [0.15, 0.2) is 0 Å². The maximum atomic E-state index is 4.56. The molecule has 3 heteroatoms. The number of benzene rings is 1. The number of rotatable bonds is 3. The number of hydrogen-bond acceptors (Lipinski definition) is 2. The topological polar surface area (TPSA) is 24.9 Å². The average molecular weight is 347 g/mol. The standard InChI is InChI=1S/C18H23BrN2/c1-12-5-7-15(10-13(12)2)21-11-14-6-8-17(19)16-4-3-9-20-18(14)16/h3-4,6,8-9,12-13,15,21H,5,7,10-11H2,1-2H3. The molecule has 1 fully saturated rings. The van der Waals surface area contributed by atoms with Crippen LogP contribution in [-0.4, -0.2) is 11.0 Å². The van der Waals surface area contributed by atoms with Crippen molar-refractivity contribution in [3.63, 3.8) is 0 Å². The number of aromatic nitrogens is 1. The SMILES string of the molecule is CC1CCC(NCc2ccc(Br)c3cccnc23)CC1C. The molecule has 0 amide bonds. The van der Waals surface area contributed by atoms with E-state index in [1.165, 1.54) is 30.2 Å². The van der Waals surface area contributed by atoms with Crippen LogP contribution in [0.25, 0.3) is 10.9 Å². The Morgan fingerprint density at radius 2 is 2.05 bits per heavy atom. The van der Waals surface area contributed by atoms with Crippen molar-refractivity contribution in [1.82, 2.24) is 10.3 Å². The molecule has 21 heavy (non-hydrogen) atoms. The second kappa shape index (κ2) is 6.45. The average Bonchev–Trinajstić information content (AvgIpc) is 2.50. The molecule has 0 spiro atoms. The number of halogens is 1. The summed E-state index contributed by atoms with van der Waals surface area (Å²) in [7, 11) is 0. The first-order valence-corrected chi connectivity index (χ1v) is 8.70. The smallest absolute Gasteiger partial charge is 0.0758 e. The van der Waals surface area contributed by atoms with Gasteiger partial charge in [0.1, 0.15) is 0 Å². The Labute approximate surface area is 135 Å². The van der Waals surface area contributed by atoms with E-state index >= 15 is 0 Å². The van der Waals surface area contributed by atoms with E-state index in [0.29, 0.717) is 6.04 Å². The Kier molecular flexibility index (Phi) is 4.60. The Morgan fingerprint density at radius 3 is 2.86 bits per heavy atom. The molecule has 3 unspecified atom stereocenters. The maximum absolute atomic E-state index is 4.56. The van der Waals surface area contributed by atoms with Crippen LogP contribution in [0, 0.1) is 11.8 Å². The maximum Gasteiger partial charge on any atom is 0.0758 e. The van der Waals surface area contributed by atoms with E-state index in [2.05, 4.69) is 58.3 Å². The third-order valence-corrected chi connectivity index (χ3v) is 5.67. The first kappa shape index (κ1) is 15.0. The summed E-state index contributed by atoms with van der Waals surface area (Å²) < 4.78 is 1.12. The number of pyridine rings is 1. The lowest BCUT2D eigenvalue weighted by Crippen LogP contribution is -2.35.